The number of ether oxygens (including phenoxy) is 1. The van der Waals surface area contributed by atoms with Crippen LogP contribution in [0.5, 0.6) is 0 Å². The highest BCUT2D eigenvalue weighted by Crippen LogP contribution is 2.34. The van der Waals surface area contributed by atoms with Gasteiger partial charge in [0.15, 0.2) is 0 Å². The third-order valence-corrected chi connectivity index (χ3v) is 6.66. The van der Waals surface area contributed by atoms with Crippen molar-refractivity contribution in [3.63, 3.8) is 0 Å². The number of carbonyl (C=O) groups excluding carboxylic acids is 1. The van der Waals surface area contributed by atoms with Crippen LogP contribution in [0, 0.1) is 0 Å². The maximum atomic E-state index is 12.5. The SMILES string of the molecule is CN(C)c1cccc(C(=O)NCCC(C)(C)OCCC(C)(C)Pc2ccccc2)c1. The average Bonchev–Trinajstić information content (AvgIpc) is 2.68. The highest BCUT2D eigenvalue weighted by molar-refractivity contribution is 7.48. The van der Waals surface area contributed by atoms with E-state index in [2.05, 4.69) is 63.3 Å². The molecule has 164 valence electrons. The number of amides is 1. The number of hydrogen-bond donors (Lipinski definition) is 1. The second kappa shape index (κ2) is 10.9. The van der Waals surface area contributed by atoms with Gasteiger partial charge in [-0.15, -0.1) is 0 Å². The number of anilines is 1. The summed E-state index contributed by atoms with van der Waals surface area (Å²) in [7, 11) is 4.70. The minimum Gasteiger partial charge on any atom is -0.378 e. The van der Waals surface area contributed by atoms with Crippen LogP contribution in [0.25, 0.3) is 0 Å². The van der Waals surface area contributed by atoms with Crippen LogP contribution >= 0.6 is 8.58 Å². The predicted octanol–water partition coefficient (Wildman–Crippen LogP) is 4.84. The molecule has 4 nitrogen and oxygen atoms in total. The van der Waals surface area contributed by atoms with Gasteiger partial charge in [-0.3, -0.25) is 4.79 Å². The lowest BCUT2D eigenvalue weighted by atomic mass is 10.0. The normalized spacial score (nSPS) is 12.3. The molecule has 0 aliphatic carbocycles. The zero-order valence-corrected chi connectivity index (χ0v) is 20.3. The van der Waals surface area contributed by atoms with Gasteiger partial charge in [0.25, 0.3) is 5.91 Å². The zero-order chi connectivity index (χ0) is 22.2. The summed E-state index contributed by atoms with van der Waals surface area (Å²) in [6, 6.07) is 18.3. The summed E-state index contributed by atoms with van der Waals surface area (Å²) in [6.07, 6.45) is 1.78. The first-order valence-electron chi connectivity index (χ1n) is 10.6. The standard InChI is InChI=1S/C25H37N2O2P/c1-24(2,29-18-16-25(3,4)30-22-13-8-7-9-14-22)15-17-26-23(28)20-11-10-12-21(19-20)27(5)6/h7-14,19,30H,15-18H2,1-6H3,(H,26,28). The monoisotopic (exact) mass is 428 g/mol. The van der Waals surface area contributed by atoms with Crippen molar-refractivity contribution < 1.29 is 9.53 Å². The topological polar surface area (TPSA) is 41.6 Å². The Kier molecular flexibility index (Phi) is 8.88. The molecule has 0 aromatic heterocycles. The minimum absolute atomic E-state index is 0.0419. The van der Waals surface area contributed by atoms with E-state index in [1.807, 2.05) is 43.3 Å². The van der Waals surface area contributed by atoms with Crippen molar-refractivity contribution in [2.45, 2.75) is 51.3 Å². The number of nitrogens with one attached hydrogen (secondary N) is 1. The van der Waals surface area contributed by atoms with Crippen molar-refractivity contribution in [1.82, 2.24) is 5.32 Å². The van der Waals surface area contributed by atoms with Crippen LogP contribution < -0.4 is 15.5 Å². The molecule has 5 heteroatoms. The van der Waals surface area contributed by atoms with E-state index in [0.717, 1.165) is 33.7 Å². The second-order valence-electron chi connectivity index (χ2n) is 9.18. The quantitative estimate of drug-likeness (QED) is 0.521. The summed E-state index contributed by atoms with van der Waals surface area (Å²) in [5.41, 5.74) is 1.43. The minimum atomic E-state index is -0.273. The van der Waals surface area contributed by atoms with E-state index in [4.69, 9.17) is 4.74 Å². The smallest absolute Gasteiger partial charge is 0.251 e. The molecule has 2 rings (SSSR count). The molecule has 1 N–H and O–H groups in total. The number of benzene rings is 2. The van der Waals surface area contributed by atoms with Crippen LogP contribution in [0.15, 0.2) is 54.6 Å². The molecule has 2 aromatic rings. The van der Waals surface area contributed by atoms with E-state index in [1.54, 1.807) is 0 Å². The van der Waals surface area contributed by atoms with Gasteiger partial charge in [-0.05, 0) is 55.3 Å². The van der Waals surface area contributed by atoms with Gasteiger partial charge >= 0.3 is 0 Å². The van der Waals surface area contributed by atoms with E-state index in [-0.39, 0.29) is 16.7 Å². The Morgan fingerprint density at radius 2 is 1.70 bits per heavy atom. The molecule has 0 aliphatic heterocycles. The number of rotatable bonds is 11. The molecule has 0 heterocycles. The van der Waals surface area contributed by atoms with Gasteiger partial charge < -0.3 is 15.0 Å². The summed E-state index contributed by atoms with van der Waals surface area (Å²) in [5, 5.41) is 4.63. The van der Waals surface area contributed by atoms with Crippen LogP contribution in [0.2, 0.25) is 0 Å². The van der Waals surface area contributed by atoms with Crippen LogP contribution in [0.1, 0.15) is 50.9 Å². The molecule has 0 spiro atoms. The Hall–Kier alpha value is -1.90. The van der Waals surface area contributed by atoms with Gasteiger partial charge in [0.05, 0.1) is 5.60 Å². The molecular formula is C25H37N2O2P. The van der Waals surface area contributed by atoms with Crippen LogP contribution in [0.3, 0.4) is 0 Å². The fraction of sp³-hybridized carbons (Fsp3) is 0.480. The third-order valence-electron chi connectivity index (χ3n) is 5.11. The maximum Gasteiger partial charge on any atom is 0.251 e. The largest absolute Gasteiger partial charge is 0.378 e. The summed E-state index contributed by atoms with van der Waals surface area (Å²) in [6.45, 7) is 10.1. The highest BCUT2D eigenvalue weighted by atomic mass is 31.1. The molecule has 0 aliphatic rings. The zero-order valence-electron chi connectivity index (χ0n) is 19.3. The summed E-state index contributed by atoms with van der Waals surface area (Å²) in [5.74, 6) is -0.0419. The van der Waals surface area contributed by atoms with Crippen molar-refractivity contribution in [2.75, 3.05) is 32.1 Å². The number of nitrogens with zero attached hydrogens (tertiary/aromatic N) is 1. The van der Waals surface area contributed by atoms with Crippen molar-refractivity contribution in [1.29, 1.82) is 0 Å². The van der Waals surface area contributed by atoms with Crippen LogP contribution in [-0.2, 0) is 4.74 Å². The first kappa shape index (κ1) is 24.4. The molecule has 1 atom stereocenters. The molecule has 0 radical (unpaired) electrons. The van der Waals surface area contributed by atoms with E-state index in [0.29, 0.717) is 12.1 Å². The predicted molar refractivity (Wildman–Crippen MR) is 131 cm³/mol. The number of hydrogen-bond acceptors (Lipinski definition) is 3. The Morgan fingerprint density at radius 3 is 2.37 bits per heavy atom. The van der Waals surface area contributed by atoms with Crippen molar-refractivity contribution >= 4 is 25.5 Å². The van der Waals surface area contributed by atoms with E-state index < -0.39 is 0 Å². The molecule has 0 bridgehead atoms. The molecule has 1 amide bonds. The molecule has 0 fully saturated rings. The van der Waals surface area contributed by atoms with E-state index in [1.165, 1.54) is 5.30 Å². The summed E-state index contributed by atoms with van der Waals surface area (Å²) in [4.78, 5) is 14.4. The van der Waals surface area contributed by atoms with Gasteiger partial charge in [0.1, 0.15) is 0 Å². The molecule has 30 heavy (non-hydrogen) atoms. The fourth-order valence-corrected chi connectivity index (χ4v) is 4.50. The van der Waals surface area contributed by atoms with Crippen molar-refractivity contribution in [2.24, 2.45) is 0 Å². The summed E-state index contributed by atoms with van der Waals surface area (Å²) >= 11 is 0. The maximum absolute atomic E-state index is 12.5. The Labute approximate surface area is 184 Å². The first-order valence-corrected chi connectivity index (χ1v) is 11.6. The second-order valence-corrected chi connectivity index (χ2v) is 11.4. The Balaban J connectivity index is 1.74. The number of carbonyl (C=O) groups is 1. The lowest BCUT2D eigenvalue weighted by molar-refractivity contribution is -0.0256. The molecule has 0 saturated carbocycles. The molecule has 1 unspecified atom stereocenters. The lowest BCUT2D eigenvalue weighted by Gasteiger charge is -2.30. The Morgan fingerprint density at radius 1 is 1.00 bits per heavy atom. The summed E-state index contributed by atoms with van der Waals surface area (Å²) < 4.78 is 6.19. The van der Waals surface area contributed by atoms with Gasteiger partial charge in [-0.25, -0.2) is 0 Å². The van der Waals surface area contributed by atoms with Gasteiger partial charge in [-0.2, -0.15) is 0 Å². The fourth-order valence-electron chi connectivity index (χ4n) is 3.13. The molecule has 0 saturated heterocycles. The lowest BCUT2D eigenvalue weighted by Crippen LogP contribution is -2.34. The molecular weight excluding hydrogens is 391 g/mol. The van der Waals surface area contributed by atoms with Crippen molar-refractivity contribution in [3.05, 3.63) is 60.2 Å². The molecule has 2 aromatic carbocycles. The van der Waals surface area contributed by atoms with E-state index in [9.17, 15) is 4.79 Å². The first-order chi connectivity index (χ1) is 14.1. The van der Waals surface area contributed by atoms with E-state index >= 15 is 0 Å². The highest BCUT2D eigenvalue weighted by Gasteiger charge is 2.23. The van der Waals surface area contributed by atoms with Crippen LogP contribution in [-0.4, -0.2) is 43.9 Å². The average molecular weight is 429 g/mol. The van der Waals surface area contributed by atoms with Crippen molar-refractivity contribution in [3.8, 4) is 0 Å². The van der Waals surface area contributed by atoms with Gasteiger partial charge in [0.2, 0.25) is 0 Å². The van der Waals surface area contributed by atoms with Crippen LogP contribution in [0.4, 0.5) is 5.69 Å². The van der Waals surface area contributed by atoms with Gasteiger partial charge in [-0.1, -0.05) is 58.8 Å². The van der Waals surface area contributed by atoms with Gasteiger partial charge in [0, 0.05) is 38.5 Å². The Bertz CT molecular complexity index is 804. The third kappa shape index (κ3) is 8.45.